The molecule has 0 fully saturated rings. The first-order chi connectivity index (χ1) is 7.20. The average Bonchev–Trinajstić information content (AvgIpc) is 2.24. The number of nitriles is 1. The topological polar surface area (TPSA) is 81.8 Å². The third-order valence-electron chi connectivity index (χ3n) is 2.19. The Bertz CT molecular complexity index is 384. The summed E-state index contributed by atoms with van der Waals surface area (Å²) in [6.45, 7) is 4.37. The number of aryl methyl sites for hydroxylation is 1. The Labute approximate surface area is 88.8 Å². The number of hydrogen-bond acceptors (Lipinski definition) is 5. The van der Waals surface area contributed by atoms with Crippen LogP contribution >= 0.6 is 0 Å². The lowest BCUT2D eigenvalue weighted by Crippen LogP contribution is -2.09. The fourth-order valence-electron chi connectivity index (χ4n) is 1.15. The highest BCUT2D eigenvalue weighted by Crippen LogP contribution is 2.16. The Morgan fingerprint density at radius 1 is 1.40 bits per heavy atom. The fraction of sp³-hybridized carbons (Fsp3) is 0.500. The fourth-order valence-corrected chi connectivity index (χ4v) is 1.15. The van der Waals surface area contributed by atoms with Gasteiger partial charge in [-0.3, -0.25) is 0 Å². The van der Waals surface area contributed by atoms with Crippen molar-refractivity contribution in [2.24, 2.45) is 0 Å². The number of hydrogen-bond donors (Lipinski definition) is 2. The van der Waals surface area contributed by atoms with E-state index in [-0.39, 0.29) is 6.61 Å². The van der Waals surface area contributed by atoms with Crippen molar-refractivity contribution in [3.8, 4) is 6.07 Å². The average molecular weight is 206 g/mol. The van der Waals surface area contributed by atoms with Gasteiger partial charge in [0.2, 0.25) is 0 Å². The minimum atomic E-state index is 0.118. The quantitative estimate of drug-likeness (QED) is 0.711. The summed E-state index contributed by atoms with van der Waals surface area (Å²) in [5.74, 6) is 0.494. The minimum Gasteiger partial charge on any atom is -0.396 e. The summed E-state index contributed by atoms with van der Waals surface area (Å²) in [5.41, 5.74) is 2.14. The van der Waals surface area contributed by atoms with Crippen molar-refractivity contribution in [1.29, 1.82) is 5.26 Å². The number of anilines is 1. The van der Waals surface area contributed by atoms with Gasteiger partial charge in [-0.2, -0.15) is 10.4 Å². The van der Waals surface area contributed by atoms with E-state index in [0.29, 0.717) is 24.3 Å². The molecule has 1 rings (SSSR count). The first-order valence-corrected chi connectivity index (χ1v) is 4.79. The van der Waals surface area contributed by atoms with E-state index in [4.69, 9.17) is 10.4 Å². The zero-order valence-corrected chi connectivity index (χ0v) is 8.91. The molecule has 1 aromatic heterocycles. The van der Waals surface area contributed by atoms with Crippen LogP contribution in [0.3, 0.4) is 0 Å². The van der Waals surface area contributed by atoms with Gasteiger partial charge in [0.25, 0.3) is 0 Å². The lowest BCUT2D eigenvalue weighted by molar-refractivity contribution is 0.292. The minimum absolute atomic E-state index is 0.118. The Morgan fingerprint density at radius 2 is 2.13 bits per heavy atom. The second-order valence-corrected chi connectivity index (χ2v) is 3.25. The molecule has 1 heterocycles. The van der Waals surface area contributed by atoms with Crippen LogP contribution in [0, 0.1) is 25.2 Å². The monoisotopic (exact) mass is 206 g/mol. The molecule has 0 aromatic carbocycles. The zero-order valence-electron chi connectivity index (χ0n) is 8.91. The maximum atomic E-state index is 8.97. The second kappa shape index (κ2) is 5.27. The molecule has 0 amide bonds. The smallest absolute Gasteiger partial charge is 0.166 e. The van der Waals surface area contributed by atoms with Gasteiger partial charge in [0, 0.05) is 13.2 Å². The molecule has 0 bridgehead atoms. The lowest BCUT2D eigenvalue weighted by Gasteiger charge is -2.08. The molecule has 1 aromatic rings. The van der Waals surface area contributed by atoms with Gasteiger partial charge in [0.15, 0.2) is 5.82 Å². The van der Waals surface area contributed by atoms with Crippen molar-refractivity contribution < 1.29 is 5.11 Å². The van der Waals surface area contributed by atoms with E-state index in [1.54, 1.807) is 0 Å². The molecule has 80 valence electrons. The third-order valence-corrected chi connectivity index (χ3v) is 2.19. The van der Waals surface area contributed by atoms with Crippen LogP contribution in [0.4, 0.5) is 5.82 Å². The molecule has 15 heavy (non-hydrogen) atoms. The summed E-state index contributed by atoms with van der Waals surface area (Å²) >= 11 is 0. The molecule has 5 heteroatoms. The number of aliphatic hydroxyl groups excluding tert-OH is 1. The van der Waals surface area contributed by atoms with E-state index in [1.165, 1.54) is 0 Å². The van der Waals surface area contributed by atoms with Gasteiger partial charge in [-0.25, -0.2) is 0 Å². The molecule has 0 atom stereocenters. The number of nitrogens with one attached hydrogen (secondary N) is 1. The normalized spacial score (nSPS) is 9.73. The number of nitrogens with zero attached hydrogens (tertiary/aromatic N) is 3. The van der Waals surface area contributed by atoms with Crippen LogP contribution in [-0.2, 0) is 0 Å². The summed E-state index contributed by atoms with van der Waals surface area (Å²) in [4.78, 5) is 0. The molecular formula is C10H14N4O. The Balaban J connectivity index is 2.89. The van der Waals surface area contributed by atoms with E-state index in [1.807, 2.05) is 13.8 Å². The number of aromatic nitrogens is 2. The van der Waals surface area contributed by atoms with Crippen LogP contribution in [-0.4, -0.2) is 28.5 Å². The molecule has 5 nitrogen and oxygen atoms in total. The number of rotatable bonds is 4. The zero-order chi connectivity index (χ0) is 11.3. The van der Waals surface area contributed by atoms with Gasteiger partial charge in [-0.15, -0.1) is 5.10 Å². The summed E-state index contributed by atoms with van der Waals surface area (Å²) in [6, 6.07) is 2.10. The molecule has 0 aliphatic rings. The Kier molecular flexibility index (Phi) is 4.01. The Morgan fingerprint density at radius 3 is 2.73 bits per heavy atom. The van der Waals surface area contributed by atoms with E-state index in [2.05, 4.69) is 21.6 Å². The van der Waals surface area contributed by atoms with Gasteiger partial charge >= 0.3 is 0 Å². The molecule has 0 saturated heterocycles. The van der Waals surface area contributed by atoms with Gasteiger partial charge < -0.3 is 10.4 Å². The molecule has 0 radical (unpaired) electrons. The van der Waals surface area contributed by atoms with Gasteiger partial charge in [0.05, 0.1) is 5.69 Å². The molecular weight excluding hydrogens is 192 g/mol. The highest BCUT2D eigenvalue weighted by molar-refractivity contribution is 5.55. The largest absolute Gasteiger partial charge is 0.396 e. The summed E-state index contributed by atoms with van der Waals surface area (Å²) in [6.07, 6.45) is 0.624. The van der Waals surface area contributed by atoms with Crippen LogP contribution < -0.4 is 5.32 Å². The summed E-state index contributed by atoms with van der Waals surface area (Å²) in [7, 11) is 0. The van der Waals surface area contributed by atoms with E-state index >= 15 is 0 Å². The molecule has 2 N–H and O–H groups in total. The van der Waals surface area contributed by atoms with Crippen LogP contribution in [0.5, 0.6) is 0 Å². The highest BCUT2D eigenvalue weighted by atomic mass is 16.3. The van der Waals surface area contributed by atoms with E-state index in [0.717, 1.165) is 11.3 Å². The third kappa shape index (κ3) is 2.64. The number of aliphatic hydroxyl groups is 1. The van der Waals surface area contributed by atoms with E-state index < -0.39 is 0 Å². The van der Waals surface area contributed by atoms with Crippen molar-refractivity contribution in [2.45, 2.75) is 20.3 Å². The molecule has 0 aliphatic carbocycles. The second-order valence-electron chi connectivity index (χ2n) is 3.25. The first-order valence-electron chi connectivity index (χ1n) is 4.79. The maximum Gasteiger partial charge on any atom is 0.166 e. The predicted octanol–water partition coefficient (Wildman–Crippen LogP) is 0.759. The lowest BCUT2D eigenvalue weighted by atomic mass is 10.1. The molecule has 0 aliphatic heterocycles. The van der Waals surface area contributed by atoms with Gasteiger partial charge in [-0.05, 0) is 25.8 Å². The first kappa shape index (κ1) is 11.4. The van der Waals surface area contributed by atoms with Gasteiger partial charge in [0.1, 0.15) is 11.6 Å². The van der Waals surface area contributed by atoms with Crippen molar-refractivity contribution >= 4 is 5.82 Å². The predicted molar refractivity (Wildman–Crippen MR) is 56.4 cm³/mol. The van der Waals surface area contributed by atoms with Crippen molar-refractivity contribution in [2.75, 3.05) is 18.5 Å². The summed E-state index contributed by atoms with van der Waals surface area (Å²) in [5, 5.41) is 28.4. The van der Waals surface area contributed by atoms with Crippen LogP contribution in [0.25, 0.3) is 0 Å². The van der Waals surface area contributed by atoms with E-state index in [9.17, 15) is 0 Å². The van der Waals surface area contributed by atoms with Crippen molar-refractivity contribution in [3.63, 3.8) is 0 Å². The molecule has 0 spiro atoms. The van der Waals surface area contributed by atoms with Crippen LogP contribution in [0.1, 0.15) is 23.2 Å². The van der Waals surface area contributed by atoms with Gasteiger partial charge in [-0.1, -0.05) is 0 Å². The SMILES string of the molecule is Cc1nnc(NCCCO)c(C#N)c1C. The van der Waals surface area contributed by atoms with Crippen molar-refractivity contribution in [1.82, 2.24) is 10.2 Å². The molecule has 0 unspecified atom stereocenters. The van der Waals surface area contributed by atoms with Crippen molar-refractivity contribution in [3.05, 3.63) is 16.8 Å². The summed E-state index contributed by atoms with van der Waals surface area (Å²) < 4.78 is 0. The highest BCUT2D eigenvalue weighted by Gasteiger charge is 2.09. The van der Waals surface area contributed by atoms with Crippen LogP contribution in [0.15, 0.2) is 0 Å². The van der Waals surface area contributed by atoms with Crippen LogP contribution in [0.2, 0.25) is 0 Å². The maximum absolute atomic E-state index is 8.97. The molecule has 0 saturated carbocycles. The standard InChI is InChI=1S/C10H14N4O/c1-7-8(2)13-14-10(9(7)6-11)12-4-3-5-15/h15H,3-5H2,1-2H3,(H,12,14). The Hall–Kier alpha value is -1.67.